The summed E-state index contributed by atoms with van der Waals surface area (Å²) in [6.45, 7) is 15.4. The first kappa shape index (κ1) is 24.9. The Labute approximate surface area is 193 Å². The van der Waals surface area contributed by atoms with Crippen molar-refractivity contribution in [2.24, 2.45) is 4.99 Å². The van der Waals surface area contributed by atoms with Crippen LogP contribution >= 0.6 is 0 Å². The molecule has 0 aliphatic carbocycles. The lowest BCUT2D eigenvalue weighted by atomic mass is 10.1. The third kappa shape index (κ3) is 8.67. The van der Waals surface area contributed by atoms with Gasteiger partial charge in [0.15, 0.2) is 5.96 Å². The molecule has 2 unspecified atom stereocenters. The second-order valence-electron chi connectivity index (χ2n) is 9.17. The summed E-state index contributed by atoms with van der Waals surface area (Å²) in [5, 5.41) is 17.4. The fourth-order valence-corrected chi connectivity index (χ4v) is 4.20. The van der Waals surface area contributed by atoms with Crippen LogP contribution in [-0.2, 0) is 22.6 Å². The molecule has 0 amide bonds. The van der Waals surface area contributed by atoms with E-state index in [1.54, 1.807) is 0 Å². The van der Waals surface area contributed by atoms with E-state index in [-0.39, 0.29) is 0 Å². The average Bonchev–Trinajstić information content (AvgIpc) is 2.76. The Kier molecular flexibility index (Phi) is 9.74. The Hall–Kier alpha value is -1.71. The van der Waals surface area contributed by atoms with Gasteiger partial charge in [-0.2, -0.15) is 0 Å². The fourth-order valence-electron chi connectivity index (χ4n) is 4.20. The third-order valence-corrected chi connectivity index (χ3v) is 5.79. The van der Waals surface area contributed by atoms with E-state index in [4.69, 9.17) is 14.5 Å². The fraction of sp³-hybridized carbons (Fsp3) is 0.708. The molecule has 1 aromatic carbocycles. The van der Waals surface area contributed by atoms with Crippen molar-refractivity contribution in [2.45, 2.75) is 45.6 Å². The van der Waals surface area contributed by atoms with Crippen molar-refractivity contribution in [3.8, 4) is 0 Å². The number of nitrogens with zero attached hydrogens (tertiary/aromatic N) is 3. The van der Waals surface area contributed by atoms with Crippen molar-refractivity contribution in [1.82, 2.24) is 20.4 Å². The van der Waals surface area contributed by atoms with Crippen LogP contribution in [0, 0.1) is 0 Å². The topological polar surface area (TPSA) is 81.6 Å². The second kappa shape index (κ2) is 12.5. The number of nitrogens with one attached hydrogen (secondary N) is 2. The molecule has 2 heterocycles. The van der Waals surface area contributed by atoms with Gasteiger partial charge in [0.25, 0.3) is 0 Å². The van der Waals surface area contributed by atoms with E-state index in [0.717, 1.165) is 65.0 Å². The summed E-state index contributed by atoms with van der Waals surface area (Å²) < 4.78 is 11.0. The molecule has 2 atom stereocenters. The molecule has 3 N–H and O–H groups in total. The van der Waals surface area contributed by atoms with Gasteiger partial charge in [-0.3, -0.25) is 9.80 Å². The summed E-state index contributed by atoms with van der Waals surface area (Å²) in [6.07, 6.45) is 0.297. The van der Waals surface area contributed by atoms with Gasteiger partial charge in [0, 0.05) is 52.4 Å². The molecule has 2 aliphatic rings. The molecule has 0 spiro atoms. The standard InChI is InChI=1S/C24H41N5O3/c1-4-25-23(27-18-24(3,30)19-28-8-11-31-12-9-28)26-15-21-6-5-7-22(14-21)17-29-10-13-32-20(2)16-29/h5-7,14,20,30H,4,8-13,15-19H2,1-3H3,(H2,25,26,27). The van der Waals surface area contributed by atoms with Crippen LogP contribution in [-0.4, -0.2) is 98.2 Å². The summed E-state index contributed by atoms with van der Waals surface area (Å²) in [6, 6.07) is 8.64. The van der Waals surface area contributed by atoms with Gasteiger partial charge in [0.05, 0.1) is 38.1 Å². The predicted molar refractivity (Wildman–Crippen MR) is 128 cm³/mol. The zero-order valence-corrected chi connectivity index (χ0v) is 20.0. The number of ether oxygens (including phenoxy) is 2. The van der Waals surface area contributed by atoms with Crippen LogP contribution in [0.1, 0.15) is 31.9 Å². The van der Waals surface area contributed by atoms with E-state index in [1.807, 2.05) is 13.8 Å². The second-order valence-corrected chi connectivity index (χ2v) is 9.17. The molecule has 8 nitrogen and oxygen atoms in total. The number of morpholine rings is 2. The lowest BCUT2D eigenvalue weighted by Gasteiger charge is -2.34. The lowest BCUT2D eigenvalue weighted by molar-refractivity contribution is -0.0212. The van der Waals surface area contributed by atoms with Crippen LogP contribution in [0.3, 0.4) is 0 Å². The highest BCUT2D eigenvalue weighted by atomic mass is 16.5. The van der Waals surface area contributed by atoms with Gasteiger partial charge in [0.1, 0.15) is 0 Å². The predicted octanol–water partition coefficient (Wildman–Crippen LogP) is 1.05. The minimum absolute atomic E-state index is 0.297. The van der Waals surface area contributed by atoms with E-state index in [0.29, 0.717) is 25.7 Å². The van der Waals surface area contributed by atoms with Gasteiger partial charge >= 0.3 is 0 Å². The van der Waals surface area contributed by atoms with Crippen molar-refractivity contribution in [2.75, 3.05) is 65.6 Å². The van der Waals surface area contributed by atoms with Crippen LogP contribution in [0.25, 0.3) is 0 Å². The van der Waals surface area contributed by atoms with Crippen molar-refractivity contribution < 1.29 is 14.6 Å². The zero-order valence-electron chi connectivity index (χ0n) is 20.0. The number of rotatable bonds is 9. The first-order valence-corrected chi connectivity index (χ1v) is 11.9. The summed E-state index contributed by atoms with van der Waals surface area (Å²) in [5.41, 5.74) is 1.64. The Balaban J connectivity index is 1.52. The molecule has 0 radical (unpaired) electrons. The molecule has 0 aromatic heterocycles. The van der Waals surface area contributed by atoms with Gasteiger partial charge in [-0.05, 0) is 31.9 Å². The molecule has 2 aliphatic heterocycles. The molecule has 0 saturated carbocycles. The van der Waals surface area contributed by atoms with Crippen molar-refractivity contribution >= 4 is 5.96 Å². The van der Waals surface area contributed by atoms with Gasteiger partial charge in [0.2, 0.25) is 0 Å². The summed E-state index contributed by atoms with van der Waals surface area (Å²) in [7, 11) is 0. The van der Waals surface area contributed by atoms with Crippen molar-refractivity contribution in [1.29, 1.82) is 0 Å². The number of guanidine groups is 1. The first-order chi connectivity index (χ1) is 15.4. The minimum atomic E-state index is -0.845. The summed E-state index contributed by atoms with van der Waals surface area (Å²) in [4.78, 5) is 9.44. The molecular formula is C24H41N5O3. The molecule has 8 heteroatoms. The van der Waals surface area contributed by atoms with Crippen LogP contribution in [0.2, 0.25) is 0 Å². The maximum Gasteiger partial charge on any atom is 0.191 e. The lowest BCUT2D eigenvalue weighted by Crippen LogP contribution is -2.52. The number of aliphatic hydroxyl groups is 1. The summed E-state index contributed by atoms with van der Waals surface area (Å²) >= 11 is 0. The summed E-state index contributed by atoms with van der Waals surface area (Å²) in [5.74, 6) is 0.724. The van der Waals surface area contributed by atoms with E-state index >= 15 is 0 Å². The van der Waals surface area contributed by atoms with Gasteiger partial charge in [-0.15, -0.1) is 0 Å². The largest absolute Gasteiger partial charge is 0.387 e. The number of benzene rings is 1. The average molecular weight is 448 g/mol. The van der Waals surface area contributed by atoms with E-state index < -0.39 is 5.60 Å². The molecule has 0 bridgehead atoms. The number of hydrogen-bond donors (Lipinski definition) is 3. The number of β-amino-alcohol motifs (C(OH)–C–C–N with tert-alkyl or cyclic N) is 1. The highest BCUT2D eigenvalue weighted by Gasteiger charge is 2.25. The van der Waals surface area contributed by atoms with E-state index in [9.17, 15) is 5.11 Å². The van der Waals surface area contributed by atoms with Crippen molar-refractivity contribution in [3.05, 3.63) is 35.4 Å². The van der Waals surface area contributed by atoms with Crippen LogP contribution < -0.4 is 10.6 Å². The Morgan fingerprint density at radius 1 is 1.16 bits per heavy atom. The van der Waals surface area contributed by atoms with Crippen LogP contribution in [0.15, 0.2) is 29.3 Å². The highest BCUT2D eigenvalue weighted by molar-refractivity contribution is 5.79. The van der Waals surface area contributed by atoms with E-state index in [1.165, 1.54) is 11.1 Å². The van der Waals surface area contributed by atoms with E-state index in [2.05, 4.69) is 51.6 Å². The SMILES string of the molecule is CCNC(=NCc1cccc(CN2CCOC(C)C2)c1)NCC(C)(O)CN1CCOCC1. The first-order valence-electron chi connectivity index (χ1n) is 11.9. The normalized spacial score (nSPS) is 23.0. The zero-order chi connectivity index (χ0) is 22.8. The maximum atomic E-state index is 10.8. The van der Waals surface area contributed by atoms with Gasteiger partial charge in [-0.25, -0.2) is 4.99 Å². The quantitative estimate of drug-likeness (QED) is 0.386. The highest BCUT2D eigenvalue weighted by Crippen LogP contribution is 2.13. The van der Waals surface area contributed by atoms with Crippen LogP contribution in [0.4, 0.5) is 0 Å². The van der Waals surface area contributed by atoms with Gasteiger partial charge < -0.3 is 25.2 Å². The number of aliphatic imine (C=N–C) groups is 1. The molecule has 180 valence electrons. The smallest absolute Gasteiger partial charge is 0.191 e. The van der Waals surface area contributed by atoms with Gasteiger partial charge in [-0.1, -0.05) is 24.3 Å². The number of hydrogen-bond acceptors (Lipinski definition) is 6. The molecule has 2 saturated heterocycles. The molecule has 2 fully saturated rings. The Morgan fingerprint density at radius 2 is 1.91 bits per heavy atom. The molecule has 32 heavy (non-hydrogen) atoms. The minimum Gasteiger partial charge on any atom is -0.387 e. The molecule has 3 rings (SSSR count). The monoisotopic (exact) mass is 447 g/mol. The van der Waals surface area contributed by atoms with Crippen LogP contribution in [0.5, 0.6) is 0 Å². The Bertz CT molecular complexity index is 721. The molecular weight excluding hydrogens is 406 g/mol. The Morgan fingerprint density at radius 3 is 2.66 bits per heavy atom. The molecule has 1 aromatic rings. The van der Waals surface area contributed by atoms with Crippen molar-refractivity contribution in [3.63, 3.8) is 0 Å². The third-order valence-electron chi connectivity index (χ3n) is 5.79. The maximum absolute atomic E-state index is 10.8.